The van der Waals surface area contributed by atoms with E-state index >= 15 is 0 Å². The molecule has 5 nitrogen and oxygen atoms in total. The number of carbonyl (C=O) groups excluding carboxylic acids is 1. The van der Waals surface area contributed by atoms with Crippen molar-refractivity contribution < 1.29 is 4.79 Å². The van der Waals surface area contributed by atoms with Gasteiger partial charge in [0.15, 0.2) is 0 Å². The Balaban J connectivity index is 1.89. The highest BCUT2D eigenvalue weighted by atomic mass is 16.2. The molecule has 0 radical (unpaired) electrons. The number of rotatable bonds is 3. The molecule has 1 aliphatic rings. The molecule has 1 amide bonds. The molecule has 0 fully saturated rings. The molecule has 0 atom stereocenters. The van der Waals surface area contributed by atoms with Gasteiger partial charge in [-0.25, -0.2) is 0 Å². The minimum absolute atomic E-state index is 0.0700. The number of carbonyl (C=O) groups is 1. The van der Waals surface area contributed by atoms with Crippen LogP contribution in [0.3, 0.4) is 0 Å². The maximum absolute atomic E-state index is 11.8. The monoisotopic (exact) mass is 220 g/mol. The summed E-state index contributed by atoms with van der Waals surface area (Å²) in [6, 6.07) is 1.71. The smallest absolute Gasteiger partial charge is 0.269 e. The van der Waals surface area contributed by atoms with Crippen molar-refractivity contribution in [2.45, 2.75) is 6.42 Å². The van der Waals surface area contributed by atoms with Crippen LogP contribution in [-0.4, -0.2) is 35.3 Å². The first-order valence-corrected chi connectivity index (χ1v) is 5.42. The highest BCUT2D eigenvalue weighted by molar-refractivity contribution is 5.92. The fourth-order valence-corrected chi connectivity index (χ4v) is 1.71. The van der Waals surface area contributed by atoms with E-state index in [0.717, 1.165) is 19.5 Å². The Morgan fingerprint density at radius 3 is 3.19 bits per heavy atom. The summed E-state index contributed by atoms with van der Waals surface area (Å²) in [6.45, 7) is 2.52. The van der Waals surface area contributed by atoms with Gasteiger partial charge in [0.25, 0.3) is 5.91 Å². The van der Waals surface area contributed by atoms with E-state index in [1.54, 1.807) is 24.0 Å². The predicted molar refractivity (Wildman–Crippen MR) is 61.1 cm³/mol. The molecule has 86 valence electrons. The summed E-state index contributed by atoms with van der Waals surface area (Å²) in [7, 11) is 1.76. The molecule has 0 saturated heterocycles. The largest absolute Gasteiger partial charge is 0.347 e. The summed E-state index contributed by atoms with van der Waals surface area (Å²) >= 11 is 0. The number of aryl methyl sites for hydroxylation is 1. The zero-order valence-electron chi connectivity index (χ0n) is 9.36. The van der Waals surface area contributed by atoms with Gasteiger partial charge in [-0.2, -0.15) is 5.10 Å². The fourth-order valence-electron chi connectivity index (χ4n) is 1.71. The van der Waals surface area contributed by atoms with Crippen LogP contribution in [0.2, 0.25) is 0 Å². The van der Waals surface area contributed by atoms with Crippen LogP contribution in [0.5, 0.6) is 0 Å². The average Bonchev–Trinajstić information content (AvgIpc) is 2.74. The summed E-state index contributed by atoms with van der Waals surface area (Å²) in [5.74, 6) is -0.0700. The van der Waals surface area contributed by atoms with Crippen molar-refractivity contribution in [2.24, 2.45) is 7.05 Å². The van der Waals surface area contributed by atoms with Gasteiger partial charge in [0.1, 0.15) is 5.69 Å². The normalized spacial score (nSPS) is 15.7. The lowest BCUT2D eigenvalue weighted by Crippen LogP contribution is -2.30. The van der Waals surface area contributed by atoms with E-state index in [1.807, 2.05) is 0 Å². The van der Waals surface area contributed by atoms with Gasteiger partial charge in [-0.3, -0.25) is 9.48 Å². The second-order valence-electron chi connectivity index (χ2n) is 3.84. The Labute approximate surface area is 94.5 Å². The molecule has 2 rings (SSSR count). The summed E-state index contributed by atoms with van der Waals surface area (Å²) < 4.78 is 1.58. The Hall–Kier alpha value is -1.62. The first-order valence-electron chi connectivity index (χ1n) is 5.42. The Bertz CT molecular complexity index is 408. The molecular weight excluding hydrogens is 204 g/mol. The number of amides is 1. The molecule has 0 aromatic carbocycles. The third kappa shape index (κ3) is 2.49. The van der Waals surface area contributed by atoms with Gasteiger partial charge >= 0.3 is 0 Å². The topological polar surface area (TPSA) is 59.0 Å². The molecule has 2 N–H and O–H groups in total. The molecule has 1 aliphatic heterocycles. The number of hydrogen-bond donors (Lipinski definition) is 2. The molecule has 5 heteroatoms. The van der Waals surface area contributed by atoms with Gasteiger partial charge in [0.2, 0.25) is 0 Å². The lowest BCUT2D eigenvalue weighted by Gasteiger charge is -2.14. The average molecular weight is 220 g/mol. The maximum Gasteiger partial charge on any atom is 0.269 e. The molecular formula is C11H16N4O. The van der Waals surface area contributed by atoms with Crippen LogP contribution < -0.4 is 10.6 Å². The van der Waals surface area contributed by atoms with Gasteiger partial charge in [-0.1, -0.05) is 11.6 Å². The second-order valence-corrected chi connectivity index (χ2v) is 3.84. The van der Waals surface area contributed by atoms with Gasteiger partial charge < -0.3 is 10.6 Å². The minimum atomic E-state index is -0.0700. The standard InChI is InChI=1S/C11H16N4O/c1-15-10(4-7-14-15)11(16)13-8-9-2-5-12-6-3-9/h2,4,7,12H,3,5-6,8H2,1H3,(H,13,16). The zero-order chi connectivity index (χ0) is 11.4. The van der Waals surface area contributed by atoms with E-state index in [4.69, 9.17) is 0 Å². The highest BCUT2D eigenvalue weighted by Crippen LogP contribution is 2.03. The fraction of sp³-hybridized carbons (Fsp3) is 0.455. The molecule has 1 aromatic heterocycles. The molecule has 1 aromatic rings. The van der Waals surface area contributed by atoms with Gasteiger partial charge in [0, 0.05) is 26.3 Å². The van der Waals surface area contributed by atoms with Crippen LogP contribution in [0.25, 0.3) is 0 Å². The van der Waals surface area contributed by atoms with Crippen molar-refractivity contribution in [3.8, 4) is 0 Å². The lowest BCUT2D eigenvalue weighted by molar-refractivity contribution is 0.0947. The SMILES string of the molecule is Cn1nccc1C(=O)NCC1=CCNCC1. The summed E-state index contributed by atoms with van der Waals surface area (Å²) in [4.78, 5) is 11.8. The molecule has 0 aliphatic carbocycles. The van der Waals surface area contributed by atoms with Gasteiger partial charge in [-0.05, 0) is 19.0 Å². The Morgan fingerprint density at radius 1 is 1.69 bits per heavy atom. The van der Waals surface area contributed by atoms with Crippen molar-refractivity contribution in [1.29, 1.82) is 0 Å². The van der Waals surface area contributed by atoms with Crippen molar-refractivity contribution in [3.05, 3.63) is 29.6 Å². The molecule has 0 spiro atoms. The van der Waals surface area contributed by atoms with E-state index < -0.39 is 0 Å². The van der Waals surface area contributed by atoms with Crippen LogP contribution in [0, 0.1) is 0 Å². The van der Waals surface area contributed by atoms with E-state index in [0.29, 0.717) is 12.2 Å². The van der Waals surface area contributed by atoms with Crippen LogP contribution in [0.15, 0.2) is 23.9 Å². The van der Waals surface area contributed by atoms with E-state index in [2.05, 4.69) is 21.8 Å². The molecule has 0 unspecified atom stereocenters. The lowest BCUT2D eigenvalue weighted by atomic mass is 10.1. The Kier molecular flexibility index (Phi) is 3.36. The first-order chi connectivity index (χ1) is 7.77. The van der Waals surface area contributed by atoms with Crippen molar-refractivity contribution in [1.82, 2.24) is 20.4 Å². The Morgan fingerprint density at radius 2 is 2.56 bits per heavy atom. The highest BCUT2D eigenvalue weighted by Gasteiger charge is 2.10. The maximum atomic E-state index is 11.8. The second kappa shape index (κ2) is 4.94. The molecule has 0 saturated carbocycles. The van der Waals surface area contributed by atoms with Crippen LogP contribution in [0.4, 0.5) is 0 Å². The predicted octanol–water partition coefficient (Wildman–Crippen LogP) is 0.0696. The van der Waals surface area contributed by atoms with Gasteiger partial charge in [-0.15, -0.1) is 0 Å². The molecule has 2 heterocycles. The number of nitrogens with zero attached hydrogens (tertiary/aromatic N) is 2. The van der Waals surface area contributed by atoms with Crippen molar-refractivity contribution in [3.63, 3.8) is 0 Å². The van der Waals surface area contributed by atoms with Crippen LogP contribution in [0.1, 0.15) is 16.9 Å². The third-order valence-corrected chi connectivity index (χ3v) is 2.69. The number of nitrogens with one attached hydrogen (secondary N) is 2. The number of aromatic nitrogens is 2. The van der Waals surface area contributed by atoms with E-state index in [9.17, 15) is 4.79 Å². The molecule has 0 bridgehead atoms. The quantitative estimate of drug-likeness (QED) is 0.709. The summed E-state index contributed by atoms with van der Waals surface area (Å²) in [5.41, 5.74) is 1.88. The minimum Gasteiger partial charge on any atom is -0.347 e. The van der Waals surface area contributed by atoms with Crippen LogP contribution in [-0.2, 0) is 7.05 Å². The van der Waals surface area contributed by atoms with E-state index in [1.165, 1.54) is 5.57 Å². The van der Waals surface area contributed by atoms with Crippen molar-refractivity contribution in [2.75, 3.05) is 19.6 Å². The van der Waals surface area contributed by atoms with E-state index in [-0.39, 0.29) is 5.91 Å². The summed E-state index contributed by atoms with van der Waals surface area (Å²) in [5, 5.41) is 10.1. The number of hydrogen-bond acceptors (Lipinski definition) is 3. The third-order valence-electron chi connectivity index (χ3n) is 2.69. The van der Waals surface area contributed by atoms with Crippen LogP contribution >= 0.6 is 0 Å². The summed E-state index contributed by atoms with van der Waals surface area (Å²) in [6.07, 6.45) is 4.76. The molecule has 16 heavy (non-hydrogen) atoms. The zero-order valence-corrected chi connectivity index (χ0v) is 9.36. The van der Waals surface area contributed by atoms with Gasteiger partial charge in [0.05, 0.1) is 0 Å². The first kappa shape index (κ1) is 10.9. The van der Waals surface area contributed by atoms with Crippen molar-refractivity contribution >= 4 is 5.91 Å².